The lowest BCUT2D eigenvalue weighted by atomic mass is 9.96. The summed E-state index contributed by atoms with van der Waals surface area (Å²) in [6.45, 7) is 6.84. The van der Waals surface area contributed by atoms with Gasteiger partial charge in [0.15, 0.2) is 5.96 Å². The molecule has 1 saturated heterocycles. The molecule has 1 aromatic rings. The SMILES string of the molecule is CCCN=C1NC(=O)C(c2c(C)cccc2C)N1. The van der Waals surface area contributed by atoms with Crippen LogP contribution in [0.1, 0.15) is 36.1 Å². The highest BCUT2D eigenvalue weighted by atomic mass is 16.2. The van der Waals surface area contributed by atoms with Gasteiger partial charge in [-0.15, -0.1) is 0 Å². The first kappa shape index (κ1) is 12.6. The molecular formula is C14H19N3O. The van der Waals surface area contributed by atoms with Gasteiger partial charge in [0, 0.05) is 6.54 Å². The van der Waals surface area contributed by atoms with Crippen LogP contribution in [0.25, 0.3) is 0 Å². The van der Waals surface area contributed by atoms with E-state index in [0.717, 1.165) is 29.7 Å². The molecule has 0 spiro atoms. The summed E-state index contributed by atoms with van der Waals surface area (Å²) in [5.74, 6) is 0.566. The Morgan fingerprint density at radius 2 is 1.94 bits per heavy atom. The molecule has 1 atom stereocenters. The van der Waals surface area contributed by atoms with Crippen molar-refractivity contribution in [2.45, 2.75) is 33.2 Å². The predicted octanol–water partition coefficient (Wildman–Crippen LogP) is 1.83. The number of carbonyl (C=O) groups is 1. The van der Waals surface area contributed by atoms with E-state index in [9.17, 15) is 4.79 Å². The van der Waals surface area contributed by atoms with Gasteiger partial charge < -0.3 is 5.32 Å². The molecule has 1 aliphatic rings. The van der Waals surface area contributed by atoms with Crippen molar-refractivity contribution in [3.63, 3.8) is 0 Å². The summed E-state index contributed by atoms with van der Waals surface area (Å²) in [6.07, 6.45) is 0.967. The number of nitrogens with zero attached hydrogens (tertiary/aromatic N) is 1. The van der Waals surface area contributed by atoms with E-state index in [-0.39, 0.29) is 11.9 Å². The van der Waals surface area contributed by atoms with E-state index in [1.807, 2.05) is 32.0 Å². The fourth-order valence-corrected chi connectivity index (χ4v) is 2.22. The third kappa shape index (κ3) is 2.37. The average molecular weight is 245 g/mol. The van der Waals surface area contributed by atoms with Crippen LogP contribution in [0.15, 0.2) is 23.2 Å². The second-order valence-electron chi connectivity index (χ2n) is 4.60. The zero-order valence-electron chi connectivity index (χ0n) is 11.1. The molecule has 1 unspecified atom stereocenters. The van der Waals surface area contributed by atoms with Crippen LogP contribution in [0.5, 0.6) is 0 Å². The predicted molar refractivity (Wildman–Crippen MR) is 72.5 cm³/mol. The first-order chi connectivity index (χ1) is 8.63. The van der Waals surface area contributed by atoms with Gasteiger partial charge in [0.2, 0.25) is 0 Å². The number of hydrogen-bond acceptors (Lipinski definition) is 2. The zero-order valence-corrected chi connectivity index (χ0v) is 11.1. The van der Waals surface area contributed by atoms with Gasteiger partial charge in [0.25, 0.3) is 5.91 Å². The molecule has 1 aromatic carbocycles. The van der Waals surface area contributed by atoms with Crippen LogP contribution in [-0.4, -0.2) is 18.4 Å². The number of aryl methyl sites for hydroxylation is 2. The van der Waals surface area contributed by atoms with Crippen molar-refractivity contribution in [1.82, 2.24) is 10.6 Å². The van der Waals surface area contributed by atoms with Crippen molar-refractivity contribution in [3.05, 3.63) is 34.9 Å². The number of carbonyl (C=O) groups excluding carboxylic acids is 1. The molecule has 0 aromatic heterocycles. The molecular weight excluding hydrogens is 226 g/mol. The molecule has 0 bridgehead atoms. The smallest absolute Gasteiger partial charge is 0.253 e. The molecule has 18 heavy (non-hydrogen) atoms. The van der Waals surface area contributed by atoms with Crippen LogP contribution >= 0.6 is 0 Å². The van der Waals surface area contributed by atoms with E-state index in [1.165, 1.54) is 0 Å². The molecule has 1 fully saturated rings. The molecule has 2 N–H and O–H groups in total. The van der Waals surface area contributed by atoms with E-state index >= 15 is 0 Å². The molecule has 4 heteroatoms. The number of benzene rings is 1. The van der Waals surface area contributed by atoms with Gasteiger partial charge in [-0.3, -0.25) is 15.1 Å². The second-order valence-corrected chi connectivity index (χ2v) is 4.60. The molecule has 0 aliphatic carbocycles. The molecule has 1 aliphatic heterocycles. The lowest BCUT2D eigenvalue weighted by Gasteiger charge is -2.14. The monoisotopic (exact) mass is 245 g/mol. The topological polar surface area (TPSA) is 53.5 Å². The van der Waals surface area contributed by atoms with Crippen molar-refractivity contribution in [3.8, 4) is 0 Å². The quantitative estimate of drug-likeness (QED) is 0.853. The summed E-state index contributed by atoms with van der Waals surface area (Å²) >= 11 is 0. The molecule has 2 rings (SSSR count). The van der Waals surface area contributed by atoms with E-state index in [2.05, 4.69) is 22.5 Å². The van der Waals surface area contributed by atoms with Crippen molar-refractivity contribution < 1.29 is 4.79 Å². The molecule has 1 amide bonds. The highest BCUT2D eigenvalue weighted by Crippen LogP contribution is 2.24. The minimum Gasteiger partial charge on any atom is -0.340 e. The number of amides is 1. The molecule has 0 saturated carbocycles. The number of aliphatic imine (C=N–C) groups is 1. The van der Waals surface area contributed by atoms with Gasteiger partial charge >= 0.3 is 0 Å². The van der Waals surface area contributed by atoms with Crippen molar-refractivity contribution in [2.75, 3.05) is 6.54 Å². The fourth-order valence-electron chi connectivity index (χ4n) is 2.22. The number of guanidine groups is 1. The number of hydrogen-bond donors (Lipinski definition) is 2. The van der Waals surface area contributed by atoms with Crippen LogP contribution < -0.4 is 10.6 Å². The maximum atomic E-state index is 12.0. The Balaban J connectivity index is 2.27. The first-order valence-electron chi connectivity index (χ1n) is 6.31. The zero-order chi connectivity index (χ0) is 13.1. The minimum absolute atomic E-state index is 0.0257. The maximum Gasteiger partial charge on any atom is 0.253 e. The summed E-state index contributed by atoms with van der Waals surface area (Å²) in [4.78, 5) is 16.3. The highest BCUT2D eigenvalue weighted by molar-refractivity contribution is 6.07. The molecule has 1 heterocycles. The van der Waals surface area contributed by atoms with Gasteiger partial charge in [-0.2, -0.15) is 0 Å². The van der Waals surface area contributed by atoms with Gasteiger partial charge in [0.1, 0.15) is 6.04 Å². The van der Waals surface area contributed by atoms with E-state index in [0.29, 0.717) is 5.96 Å². The standard InChI is InChI=1S/C14H19N3O/c1-4-8-15-14-16-12(13(18)17-14)11-9(2)6-5-7-10(11)3/h5-7,12H,4,8H2,1-3H3,(H2,15,16,17,18). The average Bonchev–Trinajstić information content (AvgIpc) is 2.68. The van der Waals surface area contributed by atoms with Crippen LogP contribution in [0.2, 0.25) is 0 Å². The lowest BCUT2D eigenvalue weighted by Crippen LogP contribution is -2.25. The third-order valence-corrected chi connectivity index (χ3v) is 3.11. The van der Waals surface area contributed by atoms with Crippen LogP contribution in [0.3, 0.4) is 0 Å². The summed E-state index contributed by atoms with van der Waals surface area (Å²) in [6, 6.07) is 5.74. The Hall–Kier alpha value is -1.84. The Labute approximate surface area is 108 Å². The highest BCUT2D eigenvalue weighted by Gasteiger charge is 2.31. The van der Waals surface area contributed by atoms with Crippen molar-refractivity contribution >= 4 is 11.9 Å². The normalized spacial score (nSPS) is 20.9. The molecule has 0 radical (unpaired) electrons. The van der Waals surface area contributed by atoms with Gasteiger partial charge in [-0.05, 0) is 37.0 Å². The molecule has 4 nitrogen and oxygen atoms in total. The third-order valence-electron chi connectivity index (χ3n) is 3.11. The fraction of sp³-hybridized carbons (Fsp3) is 0.429. The molecule has 96 valence electrons. The van der Waals surface area contributed by atoms with Crippen LogP contribution in [-0.2, 0) is 4.79 Å². The Bertz CT molecular complexity index is 474. The Kier molecular flexibility index (Phi) is 3.65. The lowest BCUT2D eigenvalue weighted by molar-refractivity contribution is -0.120. The largest absolute Gasteiger partial charge is 0.340 e. The van der Waals surface area contributed by atoms with Crippen LogP contribution in [0, 0.1) is 13.8 Å². The van der Waals surface area contributed by atoms with E-state index in [1.54, 1.807) is 0 Å². The Morgan fingerprint density at radius 3 is 2.56 bits per heavy atom. The van der Waals surface area contributed by atoms with Crippen molar-refractivity contribution in [1.29, 1.82) is 0 Å². The van der Waals surface area contributed by atoms with Crippen molar-refractivity contribution in [2.24, 2.45) is 4.99 Å². The van der Waals surface area contributed by atoms with Gasteiger partial charge in [-0.1, -0.05) is 25.1 Å². The van der Waals surface area contributed by atoms with Crippen LogP contribution in [0.4, 0.5) is 0 Å². The first-order valence-corrected chi connectivity index (χ1v) is 6.31. The Morgan fingerprint density at radius 1 is 1.28 bits per heavy atom. The maximum absolute atomic E-state index is 12.0. The van der Waals surface area contributed by atoms with Gasteiger partial charge in [0.05, 0.1) is 0 Å². The summed E-state index contributed by atoms with van der Waals surface area (Å²) in [5.41, 5.74) is 3.30. The van der Waals surface area contributed by atoms with E-state index in [4.69, 9.17) is 0 Å². The minimum atomic E-state index is -0.318. The number of nitrogens with one attached hydrogen (secondary N) is 2. The summed E-state index contributed by atoms with van der Waals surface area (Å²) in [5, 5.41) is 5.95. The number of rotatable bonds is 3. The second kappa shape index (κ2) is 5.21. The van der Waals surface area contributed by atoms with Gasteiger partial charge in [-0.25, -0.2) is 0 Å². The van der Waals surface area contributed by atoms with E-state index < -0.39 is 0 Å². The summed E-state index contributed by atoms with van der Waals surface area (Å²) < 4.78 is 0. The summed E-state index contributed by atoms with van der Waals surface area (Å²) in [7, 11) is 0.